The molecule has 0 saturated heterocycles. The minimum absolute atomic E-state index is 0.0639. The van der Waals surface area contributed by atoms with E-state index in [0.29, 0.717) is 19.3 Å². The molecule has 6 heteroatoms. The molecule has 0 aliphatic carbocycles. The highest BCUT2D eigenvalue weighted by atomic mass is 16.6. The van der Waals surface area contributed by atoms with Crippen molar-refractivity contribution in [1.29, 1.82) is 0 Å². The number of esters is 3. The van der Waals surface area contributed by atoms with E-state index in [2.05, 4.69) is 34.6 Å². The van der Waals surface area contributed by atoms with Crippen molar-refractivity contribution in [3.8, 4) is 0 Å². The van der Waals surface area contributed by atoms with Crippen LogP contribution in [0, 0.1) is 11.8 Å². The van der Waals surface area contributed by atoms with Gasteiger partial charge in [0.2, 0.25) is 0 Å². The Labute approximate surface area is 361 Å². The summed E-state index contributed by atoms with van der Waals surface area (Å²) >= 11 is 0. The Morgan fingerprint density at radius 1 is 0.362 bits per heavy atom. The highest BCUT2D eigenvalue weighted by Gasteiger charge is 2.19. The largest absolute Gasteiger partial charge is 0.462 e. The number of hydrogen-bond donors (Lipinski definition) is 0. The highest BCUT2D eigenvalue weighted by molar-refractivity contribution is 5.71. The van der Waals surface area contributed by atoms with Gasteiger partial charge in [-0.3, -0.25) is 14.4 Å². The summed E-state index contributed by atoms with van der Waals surface area (Å²) in [6.07, 6.45) is 45.1. The van der Waals surface area contributed by atoms with Crippen molar-refractivity contribution >= 4 is 17.9 Å². The third kappa shape index (κ3) is 44.0. The van der Waals surface area contributed by atoms with Crippen LogP contribution in [0.4, 0.5) is 0 Å². The fourth-order valence-corrected chi connectivity index (χ4v) is 7.78. The summed E-state index contributed by atoms with van der Waals surface area (Å²) in [5.41, 5.74) is 0. The van der Waals surface area contributed by atoms with Gasteiger partial charge < -0.3 is 14.2 Å². The summed E-state index contributed by atoms with van der Waals surface area (Å²) in [4.78, 5) is 37.8. The van der Waals surface area contributed by atoms with Crippen LogP contribution in [0.2, 0.25) is 0 Å². The van der Waals surface area contributed by atoms with Crippen LogP contribution in [-0.2, 0) is 28.6 Å². The molecule has 0 amide bonds. The summed E-state index contributed by atoms with van der Waals surface area (Å²) in [5, 5.41) is 0. The first kappa shape index (κ1) is 56.4. The van der Waals surface area contributed by atoms with Gasteiger partial charge in [0.05, 0.1) is 0 Å². The maximum absolute atomic E-state index is 12.8. The monoisotopic (exact) mass is 821 g/mol. The van der Waals surface area contributed by atoms with Gasteiger partial charge in [-0.25, -0.2) is 0 Å². The average Bonchev–Trinajstić information content (AvgIpc) is 3.21. The molecule has 0 spiro atoms. The predicted molar refractivity (Wildman–Crippen MR) is 247 cm³/mol. The van der Waals surface area contributed by atoms with Crippen molar-refractivity contribution in [2.45, 2.75) is 291 Å². The molecule has 0 bridgehead atoms. The van der Waals surface area contributed by atoms with Gasteiger partial charge in [-0.2, -0.15) is 0 Å². The first-order chi connectivity index (χ1) is 28.3. The molecule has 6 nitrogen and oxygen atoms in total. The Kier molecular flexibility index (Phi) is 43.7. The number of carbonyl (C=O) groups is 3. The highest BCUT2D eigenvalue weighted by Crippen LogP contribution is 2.18. The fraction of sp³-hybridized carbons (Fsp3) is 0.942. The Bertz CT molecular complexity index is 887. The zero-order valence-corrected chi connectivity index (χ0v) is 39.7. The van der Waals surface area contributed by atoms with Crippen LogP contribution < -0.4 is 0 Å². The molecule has 0 aromatic rings. The maximum Gasteiger partial charge on any atom is 0.306 e. The summed E-state index contributed by atoms with van der Waals surface area (Å²) in [6, 6.07) is 0. The normalized spacial score (nSPS) is 12.5. The Hall–Kier alpha value is -1.59. The van der Waals surface area contributed by atoms with E-state index in [9.17, 15) is 14.4 Å². The van der Waals surface area contributed by atoms with Crippen LogP contribution in [0.1, 0.15) is 285 Å². The Morgan fingerprint density at radius 2 is 0.655 bits per heavy atom. The molecule has 0 saturated carbocycles. The molecule has 0 rings (SSSR count). The number of hydrogen-bond acceptors (Lipinski definition) is 6. The summed E-state index contributed by atoms with van der Waals surface area (Å²) in [7, 11) is 0. The predicted octanol–water partition coefficient (Wildman–Crippen LogP) is 16.5. The van der Waals surface area contributed by atoms with Gasteiger partial charge in [0, 0.05) is 19.3 Å². The van der Waals surface area contributed by atoms with Crippen LogP contribution in [0.15, 0.2) is 0 Å². The van der Waals surface area contributed by atoms with Crippen LogP contribution in [0.25, 0.3) is 0 Å². The number of rotatable bonds is 46. The van der Waals surface area contributed by atoms with E-state index in [1.807, 2.05) is 0 Å². The standard InChI is InChI=1S/C52H100O6/c1-6-8-9-10-11-20-27-32-37-42-50(53)56-45-49(58-52(55)44-39-34-29-24-19-18-21-25-30-35-40-47(3)4)46-57-51(54)43-38-33-28-23-17-15-13-12-14-16-22-26-31-36-41-48(5)7-2/h47-49H,6-46H2,1-5H3/t48?,49-/m1/s1. The number of unbranched alkanes of at least 4 members (excludes halogenated alkanes) is 30. The van der Waals surface area contributed by atoms with Gasteiger partial charge in [-0.1, -0.05) is 247 Å². The minimum atomic E-state index is -0.761. The van der Waals surface area contributed by atoms with E-state index in [-0.39, 0.29) is 31.1 Å². The van der Waals surface area contributed by atoms with Gasteiger partial charge in [0.15, 0.2) is 6.10 Å². The van der Waals surface area contributed by atoms with E-state index in [0.717, 1.165) is 69.6 Å². The van der Waals surface area contributed by atoms with Gasteiger partial charge >= 0.3 is 17.9 Å². The molecule has 0 heterocycles. The zero-order chi connectivity index (χ0) is 42.6. The van der Waals surface area contributed by atoms with Gasteiger partial charge in [0.25, 0.3) is 0 Å². The van der Waals surface area contributed by atoms with Crippen molar-refractivity contribution in [3.63, 3.8) is 0 Å². The molecule has 58 heavy (non-hydrogen) atoms. The minimum Gasteiger partial charge on any atom is -0.462 e. The molecule has 0 aliphatic rings. The van der Waals surface area contributed by atoms with Crippen molar-refractivity contribution in [2.24, 2.45) is 11.8 Å². The second kappa shape index (κ2) is 44.9. The van der Waals surface area contributed by atoms with Crippen molar-refractivity contribution in [1.82, 2.24) is 0 Å². The van der Waals surface area contributed by atoms with Crippen molar-refractivity contribution in [3.05, 3.63) is 0 Å². The molecule has 2 atom stereocenters. The second-order valence-electron chi connectivity index (χ2n) is 18.5. The first-order valence-electron chi connectivity index (χ1n) is 25.8. The number of carbonyl (C=O) groups excluding carboxylic acids is 3. The van der Waals surface area contributed by atoms with Crippen LogP contribution >= 0.6 is 0 Å². The van der Waals surface area contributed by atoms with Crippen molar-refractivity contribution in [2.75, 3.05) is 13.2 Å². The average molecular weight is 821 g/mol. The molecular formula is C52H100O6. The SMILES string of the molecule is CCCCCCCCCCCC(=O)OC[C@H](COC(=O)CCCCCCCCCCCCCCCCC(C)CC)OC(=O)CCCCCCCCCCCCC(C)C. The van der Waals surface area contributed by atoms with Crippen LogP contribution in [0.5, 0.6) is 0 Å². The van der Waals surface area contributed by atoms with E-state index in [4.69, 9.17) is 14.2 Å². The lowest BCUT2D eigenvalue weighted by atomic mass is 9.99. The fourth-order valence-electron chi connectivity index (χ4n) is 7.78. The lowest BCUT2D eigenvalue weighted by molar-refractivity contribution is -0.167. The molecule has 0 radical (unpaired) electrons. The lowest BCUT2D eigenvalue weighted by Crippen LogP contribution is -2.30. The molecule has 0 fully saturated rings. The van der Waals surface area contributed by atoms with E-state index in [1.165, 1.54) is 173 Å². The number of ether oxygens (including phenoxy) is 3. The quantitative estimate of drug-likeness (QED) is 0.0346. The maximum atomic E-state index is 12.8. The molecule has 0 aromatic heterocycles. The molecule has 1 unspecified atom stereocenters. The summed E-state index contributed by atoms with van der Waals surface area (Å²) in [6.45, 7) is 11.4. The topological polar surface area (TPSA) is 78.9 Å². The second-order valence-corrected chi connectivity index (χ2v) is 18.5. The third-order valence-electron chi connectivity index (χ3n) is 12.1. The molecule has 0 N–H and O–H groups in total. The Balaban J connectivity index is 4.25. The molecule has 0 aromatic carbocycles. The van der Waals surface area contributed by atoms with Crippen LogP contribution in [0.3, 0.4) is 0 Å². The third-order valence-corrected chi connectivity index (χ3v) is 12.1. The van der Waals surface area contributed by atoms with Crippen molar-refractivity contribution < 1.29 is 28.6 Å². The van der Waals surface area contributed by atoms with Crippen LogP contribution in [-0.4, -0.2) is 37.2 Å². The van der Waals surface area contributed by atoms with Gasteiger partial charge in [0.1, 0.15) is 13.2 Å². The smallest absolute Gasteiger partial charge is 0.306 e. The first-order valence-corrected chi connectivity index (χ1v) is 25.8. The lowest BCUT2D eigenvalue weighted by Gasteiger charge is -2.18. The van der Waals surface area contributed by atoms with E-state index < -0.39 is 6.10 Å². The molecule has 344 valence electrons. The van der Waals surface area contributed by atoms with E-state index in [1.54, 1.807) is 0 Å². The molecule has 0 aliphatic heterocycles. The zero-order valence-electron chi connectivity index (χ0n) is 39.7. The Morgan fingerprint density at radius 3 is 0.983 bits per heavy atom. The summed E-state index contributed by atoms with van der Waals surface area (Å²) in [5.74, 6) is 0.860. The molecular weight excluding hydrogens is 721 g/mol. The summed E-state index contributed by atoms with van der Waals surface area (Å²) < 4.78 is 16.8. The van der Waals surface area contributed by atoms with Gasteiger partial charge in [-0.15, -0.1) is 0 Å². The van der Waals surface area contributed by atoms with Gasteiger partial charge in [-0.05, 0) is 31.1 Å². The van der Waals surface area contributed by atoms with E-state index >= 15 is 0 Å².